The molecule has 34 heavy (non-hydrogen) atoms. The third-order valence-corrected chi connectivity index (χ3v) is 4.52. The van der Waals surface area contributed by atoms with Crippen LogP contribution in [0.25, 0.3) is 0 Å². The largest absolute Gasteiger partial charge is 0.496 e. The molecule has 0 saturated heterocycles. The van der Waals surface area contributed by atoms with Crippen molar-refractivity contribution in [1.29, 1.82) is 0 Å². The van der Waals surface area contributed by atoms with Gasteiger partial charge in [-0.3, -0.25) is 14.9 Å². The van der Waals surface area contributed by atoms with Crippen LogP contribution in [-0.4, -0.2) is 36.7 Å². The van der Waals surface area contributed by atoms with Crippen molar-refractivity contribution in [1.82, 2.24) is 5.43 Å². The van der Waals surface area contributed by atoms with Crippen molar-refractivity contribution in [2.75, 3.05) is 13.7 Å². The molecular formula is C24H21N3O7. The molecule has 0 aliphatic rings. The molecule has 0 heterocycles. The molecule has 0 fully saturated rings. The summed E-state index contributed by atoms with van der Waals surface area (Å²) in [5.41, 5.74) is 2.62. The van der Waals surface area contributed by atoms with Crippen molar-refractivity contribution in [2.24, 2.45) is 5.10 Å². The molecule has 0 aromatic heterocycles. The molecule has 174 valence electrons. The number of nitrogens with one attached hydrogen (secondary N) is 1. The van der Waals surface area contributed by atoms with Crippen LogP contribution >= 0.6 is 0 Å². The van der Waals surface area contributed by atoms with Gasteiger partial charge in [0.2, 0.25) is 0 Å². The minimum atomic E-state index is -0.726. The monoisotopic (exact) mass is 463 g/mol. The normalized spacial score (nSPS) is 10.5. The number of benzene rings is 3. The summed E-state index contributed by atoms with van der Waals surface area (Å²) in [7, 11) is 1.46. The number of nitro benzene ring substituents is 1. The van der Waals surface area contributed by atoms with Gasteiger partial charge in [0.15, 0.2) is 11.5 Å². The van der Waals surface area contributed by atoms with Crippen LogP contribution in [0.1, 0.15) is 33.2 Å². The maximum atomic E-state index is 12.6. The smallest absolute Gasteiger partial charge is 0.347 e. The summed E-state index contributed by atoms with van der Waals surface area (Å²) in [6.07, 6.45) is 1.33. The first kappa shape index (κ1) is 23.9. The molecule has 0 spiro atoms. The van der Waals surface area contributed by atoms with Gasteiger partial charge in [-0.15, -0.1) is 0 Å². The van der Waals surface area contributed by atoms with Gasteiger partial charge < -0.3 is 14.2 Å². The second-order valence-corrected chi connectivity index (χ2v) is 6.70. The zero-order valence-electron chi connectivity index (χ0n) is 18.4. The molecule has 0 aliphatic heterocycles. The van der Waals surface area contributed by atoms with Gasteiger partial charge in [-0.2, -0.15) is 5.10 Å². The molecule has 1 N–H and O–H groups in total. The zero-order valence-corrected chi connectivity index (χ0v) is 18.4. The molecular weight excluding hydrogens is 442 g/mol. The van der Waals surface area contributed by atoms with E-state index in [-0.39, 0.29) is 22.6 Å². The maximum Gasteiger partial charge on any atom is 0.347 e. The van der Waals surface area contributed by atoms with E-state index in [0.717, 1.165) is 0 Å². The van der Waals surface area contributed by atoms with Crippen LogP contribution in [0.4, 0.5) is 5.69 Å². The summed E-state index contributed by atoms with van der Waals surface area (Å²) >= 11 is 0. The van der Waals surface area contributed by atoms with Crippen LogP contribution in [0.5, 0.6) is 17.2 Å². The van der Waals surface area contributed by atoms with Crippen LogP contribution in [0.2, 0.25) is 0 Å². The molecule has 3 aromatic rings. The van der Waals surface area contributed by atoms with Crippen LogP contribution in [-0.2, 0) is 0 Å². The fraction of sp³-hybridized carbons (Fsp3) is 0.125. The van der Waals surface area contributed by atoms with E-state index in [1.165, 1.54) is 43.7 Å². The zero-order chi connectivity index (χ0) is 24.5. The highest BCUT2D eigenvalue weighted by molar-refractivity contribution is 5.98. The Morgan fingerprint density at radius 2 is 1.71 bits per heavy atom. The number of amides is 1. The van der Waals surface area contributed by atoms with Gasteiger partial charge in [0.25, 0.3) is 11.6 Å². The van der Waals surface area contributed by atoms with E-state index in [4.69, 9.17) is 14.2 Å². The predicted molar refractivity (Wildman–Crippen MR) is 124 cm³/mol. The van der Waals surface area contributed by atoms with Crippen molar-refractivity contribution < 1.29 is 28.7 Å². The molecule has 1 amide bonds. The van der Waals surface area contributed by atoms with Crippen molar-refractivity contribution in [3.05, 3.63) is 93.5 Å². The Hall–Kier alpha value is -4.73. The second kappa shape index (κ2) is 11.2. The number of rotatable bonds is 9. The molecule has 0 saturated carbocycles. The third kappa shape index (κ3) is 5.74. The van der Waals surface area contributed by atoms with Gasteiger partial charge in [-0.1, -0.05) is 24.3 Å². The Labute approximate surface area is 194 Å². The van der Waals surface area contributed by atoms with Gasteiger partial charge in [-0.25, -0.2) is 10.2 Å². The minimum absolute atomic E-state index is 0.113. The van der Waals surface area contributed by atoms with Crippen LogP contribution in [0.3, 0.4) is 0 Å². The Bertz CT molecular complexity index is 1240. The molecule has 0 atom stereocenters. The third-order valence-electron chi connectivity index (χ3n) is 4.52. The predicted octanol–water partition coefficient (Wildman–Crippen LogP) is 3.99. The molecule has 10 nitrogen and oxygen atoms in total. The van der Waals surface area contributed by atoms with Crippen molar-refractivity contribution in [3.8, 4) is 17.2 Å². The first-order chi connectivity index (χ1) is 16.4. The first-order valence-corrected chi connectivity index (χ1v) is 10.1. The lowest BCUT2D eigenvalue weighted by Gasteiger charge is -2.12. The van der Waals surface area contributed by atoms with Crippen LogP contribution in [0.15, 0.2) is 71.8 Å². The number of carbonyl (C=O) groups is 2. The lowest BCUT2D eigenvalue weighted by molar-refractivity contribution is -0.385. The summed E-state index contributed by atoms with van der Waals surface area (Å²) < 4.78 is 16.3. The van der Waals surface area contributed by atoms with Gasteiger partial charge in [0.1, 0.15) is 16.9 Å². The Morgan fingerprint density at radius 1 is 1.00 bits per heavy atom. The van der Waals surface area contributed by atoms with Crippen LogP contribution < -0.4 is 19.6 Å². The number of para-hydroxylation sites is 2. The number of methoxy groups -OCH3 is 1. The van der Waals surface area contributed by atoms with E-state index in [1.807, 2.05) is 0 Å². The molecule has 3 rings (SSSR count). The van der Waals surface area contributed by atoms with Gasteiger partial charge in [0, 0.05) is 6.07 Å². The van der Waals surface area contributed by atoms with Gasteiger partial charge >= 0.3 is 5.97 Å². The number of hydrazone groups is 1. The lowest BCUT2D eigenvalue weighted by Crippen LogP contribution is -2.19. The number of esters is 1. The standard InChI is InChI=1S/C24H21N3O7/c1-3-33-22-14-16(15-25-26-23(28)17-8-4-6-10-19(17)27(30)31)12-13-21(22)34-24(29)18-9-5-7-11-20(18)32-2/h4-15H,3H2,1-2H3,(H,26,28)/b25-15-. The highest BCUT2D eigenvalue weighted by Crippen LogP contribution is 2.30. The molecule has 0 aliphatic carbocycles. The molecule has 0 radical (unpaired) electrons. The Morgan fingerprint density at radius 3 is 2.41 bits per heavy atom. The SMILES string of the molecule is CCOc1cc(/C=N\NC(=O)c2ccccc2[N+](=O)[O-])ccc1OC(=O)c1ccccc1OC. The quantitative estimate of drug-likeness (QED) is 0.167. The summed E-state index contributed by atoms with van der Waals surface area (Å²) in [4.78, 5) is 35.3. The van der Waals surface area contributed by atoms with E-state index in [9.17, 15) is 19.7 Å². The summed E-state index contributed by atoms with van der Waals surface area (Å²) in [5, 5.41) is 14.9. The summed E-state index contributed by atoms with van der Waals surface area (Å²) in [6, 6.07) is 16.9. The second-order valence-electron chi connectivity index (χ2n) is 6.70. The van der Waals surface area contributed by atoms with Crippen molar-refractivity contribution >= 4 is 23.8 Å². The lowest BCUT2D eigenvalue weighted by atomic mass is 10.2. The Balaban J connectivity index is 1.75. The van der Waals surface area contributed by atoms with Gasteiger partial charge in [0.05, 0.1) is 24.9 Å². The van der Waals surface area contributed by atoms with Crippen molar-refractivity contribution in [2.45, 2.75) is 6.92 Å². The van der Waals surface area contributed by atoms with E-state index in [2.05, 4.69) is 10.5 Å². The molecule has 10 heteroatoms. The molecule has 0 unspecified atom stereocenters. The van der Waals surface area contributed by atoms with E-state index < -0.39 is 16.8 Å². The molecule has 3 aromatic carbocycles. The summed E-state index contributed by atoms with van der Waals surface area (Å²) in [6.45, 7) is 2.09. The number of carbonyl (C=O) groups excluding carboxylic acids is 2. The number of nitro groups is 1. The fourth-order valence-corrected chi connectivity index (χ4v) is 2.98. The van der Waals surface area contributed by atoms with Crippen LogP contribution in [0, 0.1) is 10.1 Å². The topological polar surface area (TPSA) is 129 Å². The fourth-order valence-electron chi connectivity index (χ4n) is 2.98. The van der Waals surface area contributed by atoms with Crippen molar-refractivity contribution in [3.63, 3.8) is 0 Å². The molecule has 0 bridgehead atoms. The highest BCUT2D eigenvalue weighted by Gasteiger charge is 2.19. The highest BCUT2D eigenvalue weighted by atomic mass is 16.6. The van der Waals surface area contributed by atoms with E-state index in [1.54, 1.807) is 43.3 Å². The van der Waals surface area contributed by atoms with Gasteiger partial charge in [-0.05, 0) is 48.9 Å². The van der Waals surface area contributed by atoms with E-state index in [0.29, 0.717) is 23.7 Å². The van der Waals surface area contributed by atoms with E-state index >= 15 is 0 Å². The first-order valence-electron chi connectivity index (χ1n) is 10.1. The number of hydrogen-bond acceptors (Lipinski definition) is 8. The number of ether oxygens (including phenoxy) is 3. The Kier molecular flexibility index (Phi) is 7.90. The average molecular weight is 463 g/mol. The average Bonchev–Trinajstić information content (AvgIpc) is 2.85. The number of nitrogens with zero attached hydrogens (tertiary/aromatic N) is 2. The summed E-state index contributed by atoms with van der Waals surface area (Å²) in [5.74, 6) is -0.477. The number of hydrogen-bond donors (Lipinski definition) is 1. The minimum Gasteiger partial charge on any atom is -0.496 e. The maximum absolute atomic E-state index is 12.6.